The summed E-state index contributed by atoms with van der Waals surface area (Å²) in [4.78, 5) is 2.35. The zero-order valence-corrected chi connectivity index (χ0v) is 10.8. The van der Waals surface area contributed by atoms with Crippen LogP contribution in [0.15, 0.2) is 0 Å². The molecule has 92 valence electrons. The monoisotopic (exact) mass is 217 g/mol. The first-order valence-electron chi connectivity index (χ1n) is 6.14. The van der Waals surface area contributed by atoms with E-state index in [9.17, 15) is 5.11 Å². The standard InChI is InChI=1S/C10H21NO2.C2H6/c1-3-10(12)4-6-11(7-5-10)8-9-13-2;1-2/h12H,3-9H2,1-2H3;1-2H3. The van der Waals surface area contributed by atoms with Crippen molar-refractivity contribution in [1.29, 1.82) is 0 Å². The van der Waals surface area contributed by atoms with Gasteiger partial charge in [0.1, 0.15) is 0 Å². The van der Waals surface area contributed by atoms with E-state index in [2.05, 4.69) is 11.8 Å². The second kappa shape index (κ2) is 8.08. The first kappa shape index (κ1) is 14.9. The highest BCUT2D eigenvalue weighted by Gasteiger charge is 2.29. The molecule has 15 heavy (non-hydrogen) atoms. The summed E-state index contributed by atoms with van der Waals surface area (Å²) in [6, 6.07) is 0. The third-order valence-corrected chi connectivity index (χ3v) is 3.06. The molecule has 1 heterocycles. The second-order valence-corrected chi connectivity index (χ2v) is 3.91. The van der Waals surface area contributed by atoms with Crippen LogP contribution in [0.2, 0.25) is 0 Å². The maximum absolute atomic E-state index is 9.97. The third-order valence-electron chi connectivity index (χ3n) is 3.06. The summed E-state index contributed by atoms with van der Waals surface area (Å²) in [7, 11) is 1.73. The summed E-state index contributed by atoms with van der Waals surface area (Å²) in [6.45, 7) is 9.87. The van der Waals surface area contributed by atoms with E-state index in [1.165, 1.54) is 0 Å². The topological polar surface area (TPSA) is 32.7 Å². The Hall–Kier alpha value is -0.120. The Kier molecular flexibility index (Phi) is 8.02. The van der Waals surface area contributed by atoms with Gasteiger partial charge in [0.05, 0.1) is 12.2 Å². The van der Waals surface area contributed by atoms with Gasteiger partial charge >= 0.3 is 0 Å². The van der Waals surface area contributed by atoms with E-state index in [0.717, 1.165) is 45.5 Å². The summed E-state index contributed by atoms with van der Waals surface area (Å²) in [5, 5.41) is 9.97. The number of hydrogen-bond donors (Lipinski definition) is 1. The van der Waals surface area contributed by atoms with Crippen LogP contribution in [0, 0.1) is 0 Å². The molecule has 1 fully saturated rings. The quantitative estimate of drug-likeness (QED) is 0.780. The SMILES string of the molecule is CC.CCC1(O)CCN(CCOC)CC1. The van der Waals surface area contributed by atoms with Gasteiger partial charge in [0.15, 0.2) is 0 Å². The van der Waals surface area contributed by atoms with Crippen molar-refractivity contribution in [2.24, 2.45) is 0 Å². The van der Waals surface area contributed by atoms with E-state index < -0.39 is 0 Å². The van der Waals surface area contributed by atoms with Crippen LogP contribution < -0.4 is 0 Å². The first-order valence-corrected chi connectivity index (χ1v) is 6.14. The fourth-order valence-electron chi connectivity index (χ4n) is 1.77. The van der Waals surface area contributed by atoms with Crippen LogP contribution >= 0.6 is 0 Å². The summed E-state index contributed by atoms with van der Waals surface area (Å²) in [5.74, 6) is 0. The van der Waals surface area contributed by atoms with Gasteiger partial charge in [-0.25, -0.2) is 0 Å². The lowest BCUT2D eigenvalue weighted by Crippen LogP contribution is -2.44. The Morgan fingerprint density at radius 3 is 2.20 bits per heavy atom. The van der Waals surface area contributed by atoms with Gasteiger partial charge in [0.25, 0.3) is 0 Å². The molecule has 0 atom stereocenters. The van der Waals surface area contributed by atoms with Crippen LogP contribution in [0.4, 0.5) is 0 Å². The number of ether oxygens (including phenoxy) is 1. The van der Waals surface area contributed by atoms with Crippen molar-refractivity contribution in [2.75, 3.05) is 33.4 Å². The van der Waals surface area contributed by atoms with Crippen molar-refractivity contribution in [3.05, 3.63) is 0 Å². The molecule has 0 aliphatic carbocycles. The van der Waals surface area contributed by atoms with Crippen molar-refractivity contribution in [3.63, 3.8) is 0 Å². The average molecular weight is 217 g/mol. The van der Waals surface area contributed by atoms with Crippen LogP contribution in [0.1, 0.15) is 40.0 Å². The van der Waals surface area contributed by atoms with Crippen molar-refractivity contribution >= 4 is 0 Å². The molecule has 0 bridgehead atoms. The van der Waals surface area contributed by atoms with Crippen LogP contribution in [0.5, 0.6) is 0 Å². The lowest BCUT2D eigenvalue weighted by atomic mass is 9.89. The Labute approximate surface area is 94.4 Å². The maximum atomic E-state index is 9.97. The number of hydrogen-bond acceptors (Lipinski definition) is 3. The molecule has 1 aliphatic heterocycles. The molecular formula is C12H27NO2. The fraction of sp³-hybridized carbons (Fsp3) is 1.00. The molecule has 0 unspecified atom stereocenters. The molecule has 3 nitrogen and oxygen atoms in total. The zero-order valence-electron chi connectivity index (χ0n) is 10.8. The highest BCUT2D eigenvalue weighted by molar-refractivity contribution is 4.84. The number of aliphatic hydroxyl groups is 1. The van der Waals surface area contributed by atoms with Crippen molar-refractivity contribution in [2.45, 2.75) is 45.6 Å². The Balaban J connectivity index is 0.000000921. The molecule has 0 spiro atoms. The van der Waals surface area contributed by atoms with E-state index >= 15 is 0 Å². The van der Waals surface area contributed by atoms with Gasteiger partial charge in [0, 0.05) is 26.7 Å². The predicted octanol–water partition coefficient (Wildman–Crippen LogP) is 1.90. The summed E-state index contributed by atoms with van der Waals surface area (Å²) in [6.07, 6.45) is 2.70. The van der Waals surface area contributed by atoms with Gasteiger partial charge < -0.3 is 14.7 Å². The maximum Gasteiger partial charge on any atom is 0.0669 e. The van der Waals surface area contributed by atoms with Crippen molar-refractivity contribution < 1.29 is 9.84 Å². The van der Waals surface area contributed by atoms with Crippen LogP contribution in [0.25, 0.3) is 0 Å². The highest BCUT2D eigenvalue weighted by Crippen LogP contribution is 2.24. The van der Waals surface area contributed by atoms with E-state index in [-0.39, 0.29) is 5.60 Å². The van der Waals surface area contributed by atoms with Crippen LogP contribution in [-0.2, 0) is 4.74 Å². The van der Waals surface area contributed by atoms with E-state index in [1.54, 1.807) is 7.11 Å². The lowest BCUT2D eigenvalue weighted by molar-refractivity contribution is -0.0275. The minimum Gasteiger partial charge on any atom is -0.390 e. The summed E-state index contributed by atoms with van der Waals surface area (Å²) in [5.41, 5.74) is -0.385. The Bertz CT molecular complexity index is 143. The Morgan fingerprint density at radius 2 is 1.80 bits per heavy atom. The smallest absolute Gasteiger partial charge is 0.0669 e. The Morgan fingerprint density at radius 1 is 1.27 bits per heavy atom. The summed E-state index contributed by atoms with van der Waals surface area (Å²) < 4.78 is 5.02. The van der Waals surface area contributed by atoms with Gasteiger partial charge in [-0.3, -0.25) is 0 Å². The molecule has 0 saturated carbocycles. The molecule has 1 saturated heterocycles. The number of rotatable bonds is 4. The molecule has 0 amide bonds. The predicted molar refractivity (Wildman–Crippen MR) is 64.1 cm³/mol. The van der Waals surface area contributed by atoms with Crippen LogP contribution in [-0.4, -0.2) is 49.0 Å². The van der Waals surface area contributed by atoms with Crippen molar-refractivity contribution in [3.8, 4) is 0 Å². The second-order valence-electron chi connectivity index (χ2n) is 3.91. The van der Waals surface area contributed by atoms with E-state index in [4.69, 9.17) is 4.74 Å². The number of nitrogens with zero attached hydrogens (tertiary/aromatic N) is 1. The molecule has 3 heteroatoms. The van der Waals surface area contributed by atoms with E-state index in [0.29, 0.717) is 0 Å². The minimum atomic E-state index is -0.385. The average Bonchev–Trinajstić information content (AvgIpc) is 2.31. The van der Waals surface area contributed by atoms with Gasteiger partial charge in [-0.2, -0.15) is 0 Å². The van der Waals surface area contributed by atoms with Gasteiger partial charge in [-0.15, -0.1) is 0 Å². The van der Waals surface area contributed by atoms with Gasteiger partial charge in [0.2, 0.25) is 0 Å². The molecule has 1 rings (SSSR count). The largest absolute Gasteiger partial charge is 0.390 e. The number of methoxy groups -OCH3 is 1. The fourth-order valence-corrected chi connectivity index (χ4v) is 1.77. The molecule has 0 aromatic heterocycles. The minimum absolute atomic E-state index is 0.385. The van der Waals surface area contributed by atoms with Gasteiger partial charge in [-0.1, -0.05) is 20.8 Å². The highest BCUT2D eigenvalue weighted by atomic mass is 16.5. The molecule has 0 aromatic rings. The molecule has 0 radical (unpaired) electrons. The van der Waals surface area contributed by atoms with Crippen LogP contribution in [0.3, 0.4) is 0 Å². The van der Waals surface area contributed by atoms with Gasteiger partial charge in [-0.05, 0) is 19.3 Å². The molecular weight excluding hydrogens is 190 g/mol. The lowest BCUT2D eigenvalue weighted by Gasteiger charge is -2.37. The van der Waals surface area contributed by atoms with E-state index in [1.807, 2.05) is 13.8 Å². The molecule has 1 aliphatic rings. The summed E-state index contributed by atoms with van der Waals surface area (Å²) >= 11 is 0. The number of likely N-dealkylation sites (tertiary alicyclic amines) is 1. The first-order chi connectivity index (χ1) is 7.20. The molecule has 1 N–H and O–H groups in total. The zero-order chi connectivity index (χ0) is 11.7. The van der Waals surface area contributed by atoms with Crippen molar-refractivity contribution in [1.82, 2.24) is 4.90 Å². The molecule has 0 aromatic carbocycles. The normalized spacial score (nSPS) is 20.6. The number of piperidine rings is 1. The third kappa shape index (κ3) is 5.50.